The first kappa shape index (κ1) is 18.2. The molecule has 0 fully saturated rings. The third-order valence-electron chi connectivity index (χ3n) is 4.26. The highest BCUT2D eigenvalue weighted by atomic mass is 79.9. The number of anilines is 1. The molecule has 4 rings (SSSR count). The van der Waals surface area contributed by atoms with Crippen LogP contribution in [0.4, 0.5) is 5.69 Å². The molecule has 0 radical (unpaired) electrons. The Morgan fingerprint density at radius 1 is 1.19 bits per heavy atom. The van der Waals surface area contributed by atoms with Crippen molar-refractivity contribution in [2.24, 2.45) is 0 Å². The number of nitrogens with one attached hydrogen (secondary N) is 1. The van der Waals surface area contributed by atoms with Crippen LogP contribution in [0.15, 0.2) is 46.9 Å². The molecule has 0 aliphatic rings. The summed E-state index contributed by atoms with van der Waals surface area (Å²) in [6.45, 7) is 1.95. The minimum Gasteiger partial charge on any atom is -0.495 e. The molecule has 136 valence electrons. The molecule has 0 aliphatic carbocycles. The number of benzene rings is 2. The fourth-order valence-electron chi connectivity index (χ4n) is 2.87. The zero-order valence-electron chi connectivity index (χ0n) is 14.5. The summed E-state index contributed by atoms with van der Waals surface area (Å²) in [6.07, 6.45) is 0. The number of amides is 1. The summed E-state index contributed by atoms with van der Waals surface area (Å²) in [4.78, 5) is 18.7. The predicted molar refractivity (Wildman–Crippen MR) is 116 cm³/mol. The van der Waals surface area contributed by atoms with Crippen molar-refractivity contribution in [1.82, 2.24) is 4.98 Å². The zero-order valence-corrected chi connectivity index (χ0v) is 17.6. The highest BCUT2D eigenvalue weighted by molar-refractivity contribution is 9.10. The number of aromatic nitrogens is 1. The molecular weight excluding hydrogens is 448 g/mol. The number of fused-ring (bicyclic) bond motifs is 2. The van der Waals surface area contributed by atoms with Gasteiger partial charge in [0.05, 0.1) is 17.5 Å². The van der Waals surface area contributed by atoms with Gasteiger partial charge < -0.3 is 10.1 Å². The van der Waals surface area contributed by atoms with Gasteiger partial charge in [0.2, 0.25) is 0 Å². The Bertz CT molecular complexity index is 1210. The lowest BCUT2D eigenvalue weighted by atomic mass is 10.1. The zero-order chi connectivity index (χ0) is 19.1. The maximum atomic E-state index is 12.7. The van der Waals surface area contributed by atoms with E-state index in [2.05, 4.69) is 26.2 Å². The second kappa shape index (κ2) is 7.11. The molecule has 0 atom stereocenters. The lowest BCUT2D eigenvalue weighted by Crippen LogP contribution is -2.10. The largest absolute Gasteiger partial charge is 0.495 e. The van der Waals surface area contributed by atoms with Crippen molar-refractivity contribution < 1.29 is 9.53 Å². The number of halogens is 2. The predicted octanol–water partition coefficient (Wildman–Crippen LogP) is 6.43. The number of hydrogen-bond acceptors (Lipinski definition) is 4. The van der Waals surface area contributed by atoms with Crippen molar-refractivity contribution in [3.63, 3.8) is 0 Å². The average molecular weight is 462 g/mol. The SMILES string of the molecule is COc1ccc2cc3cc(C(=O)Nc4ccc(Br)cc4C)sc3nc2c1Cl. The summed E-state index contributed by atoms with van der Waals surface area (Å²) in [5.74, 6) is 0.424. The number of rotatable bonds is 3. The van der Waals surface area contributed by atoms with E-state index in [9.17, 15) is 4.79 Å². The van der Waals surface area contributed by atoms with E-state index in [1.807, 2.05) is 49.4 Å². The first-order valence-corrected chi connectivity index (χ1v) is 10.1. The highest BCUT2D eigenvalue weighted by Gasteiger charge is 2.15. The van der Waals surface area contributed by atoms with Crippen molar-refractivity contribution in [3.05, 3.63) is 62.4 Å². The average Bonchev–Trinajstić information content (AvgIpc) is 3.06. The van der Waals surface area contributed by atoms with Gasteiger partial charge in [-0.25, -0.2) is 4.98 Å². The molecule has 4 aromatic rings. The van der Waals surface area contributed by atoms with Crippen LogP contribution in [0.25, 0.3) is 21.1 Å². The van der Waals surface area contributed by atoms with Crippen LogP contribution >= 0.6 is 38.9 Å². The van der Waals surface area contributed by atoms with Crippen LogP contribution in [-0.2, 0) is 0 Å². The summed E-state index contributed by atoms with van der Waals surface area (Å²) in [5.41, 5.74) is 2.44. The smallest absolute Gasteiger partial charge is 0.265 e. The van der Waals surface area contributed by atoms with Gasteiger partial charge in [-0.1, -0.05) is 27.5 Å². The molecule has 2 aromatic carbocycles. The van der Waals surface area contributed by atoms with Crippen molar-refractivity contribution >= 4 is 71.6 Å². The molecule has 0 bridgehead atoms. The van der Waals surface area contributed by atoms with Crippen molar-refractivity contribution in [2.45, 2.75) is 6.92 Å². The Hall–Kier alpha value is -2.15. The van der Waals surface area contributed by atoms with Crippen molar-refractivity contribution in [1.29, 1.82) is 0 Å². The van der Waals surface area contributed by atoms with Gasteiger partial charge in [0.1, 0.15) is 15.6 Å². The lowest BCUT2D eigenvalue weighted by Gasteiger charge is -2.07. The summed E-state index contributed by atoms with van der Waals surface area (Å²) in [5, 5.41) is 5.25. The van der Waals surface area contributed by atoms with E-state index in [-0.39, 0.29) is 5.91 Å². The molecule has 0 unspecified atom stereocenters. The van der Waals surface area contributed by atoms with Gasteiger partial charge in [-0.15, -0.1) is 11.3 Å². The number of hydrogen-bond donors (Lipinski definition) is 1. The van der Waals surface area contributed by atoms with E-state index in [1.54, 1.807) is 7.11 Å². The van der Waals surface area contributed by atoms with Gasteiger partial charge in [0, 0.05) is 20.9 Å². The number of ether oxygens (including phenoxy) is 1. The van der Waals surface area contributed by atoms with Gasteiger partial charge in [-0.05, 0) is 55.0 Å². The minimum atomic E-state index is -0.156. The normalized spacial score (nSPS) is 11.1. The van der Waals surface area contributed by atoms with E-state index in [0.717, 1.165) is 31.3 Å². The van der Waals surface area contributed by atoms with Crippen molar-refractivity contribution in [2.75, 3.05) is 12.4 Å². The van der Waals surface area contributed by atoms with Crippen LogP contribution in [-0.4, -0.2) is 18.0 Å². The second-order valence-electron chi connectivity index (χ2n) is 6.06. The van der Waals surface area contributed by atoms with Crippen LogP contribution in [0.1, 0.15) is 15.2 Å². The van der Waals surface area contributed by atoms with E-state index in [0.29, 0.717) is 21.2 Å². The Morgan fingerprint density at radius 3 is 2.74 bits per heavy atom. The maximum absolute atomic E-state index is 12.7. The standard InChI is InChI=1S/C20H14BrClN2O2S/c1-10-7-13(21)4-5-14(10)23-19(25)16-9-12-8-11-3-6-15(26-2)17(22)18(11)24-20(12)27-16/h3-9H,1-2H3,(H,23,25). The van der Waals surface area contributed by atoms with Crippen LogP contribution in [0.5, 0.6) is 5.75 Å². The Labute approximate surface area is 173 Å². The van der Waals surface area contributed by atoms with Gasteiger partial charge in [0.15, 0.2) is 0 Å². The van der Waals surface area contributed by atoms with E-state index in [4.69, 9.17) is 16.3 Å². The van der Waals surface area contributed by atoms with Gasteiger partial charge in [-0.3, -0.25) is 4.79 Å². The fourth-order valence-corrected chi connectivity index (χ4v) is 4.54. The molecule has 0 spiro atoms. The maximum Gasteiger partial charge on any atom is 0.265 e. The molecule has 0 saturated carbocycles. The molecule has 7 heteroatoms. The van der Waals surface area contributed by atoms with Gasteiger partial charge in [-0.2, -0.15) is 0 Å². The van der Waals surface area contributed by atoms with Crippen molar-refractivity contribution in [3.8, 4) is 5.75 Å². The minimum absolute atomic E-state index is 0.156. The first-order valence-electron chi connectivity index (χ1n) is 8.10. The Kier molecular flexibility index (Phi) is 4.80. The molecule has 1 N–H and O–H groups in total. The van der Waals surface area contributed by atoms with Crippen LogP contribution in [0, 0.1) is 6.92 Å². The van der Waals surface area contributed by atoms with Gasteiger partial charge >= 0.3 is 0 Å². The molecule has 2 aromatic heterocycles. The fraction of sp³-hybridized carbons (Fsp3) is 0.100. The third-order valence-corrected chi connectivity index (χ3v) is 6.16. The molecular formula is C20H14BrClN2O2S. The summed E-state index contributed by atoms with van der Waals surface area (Å²) < 4.78 is 6.23. The number of aryl methyl sites for hydroxylation is 1. The number of carbonyl (C=O) groups is 1. The number of carbonyl (C=O) groups excluding carboxylic acids is 1. The Balaban J connectivity index is 1.73. The summed E-state index contributed by atoms with van der Waals surface area (Å²) in [7, 11) is 1.57. The number of methoxy groups -OCH3 is 1. The quantitative estimate of drug-likeness (QED) is 0.382. The Morgan fingerprint density at radius 2 is 2.00 bits per heavy atom. The van der Waals surface area contributed by atoms with Gasteiger partial charge in [0.25, 0.3) is 5.91 Å². The molecule has 4 nitrogen and oxygen atoms in total. The third kappa shape index (κ3) is 3.40. The molecule has 0 saturated heterocycles. The van der Waals surface area contributed by atoms with Crippen LogP contribution in [0.3, 0.4) is 0 Å². The first-order chi connectivity index (χ1) is 13.0. The summed E-state index contributed by atoms with van der Waals surface area (Å²) in [6, 6.07) is 13.3. The van der Waals surface area contributed by atoms with E-state index < -0.39 is 0 Å². The molecule has 27 heavy (non-hydrogen) atoms. The van der Waals surface area contributed by atoms with E-state index in [1.165, 1.54) is 11.3 Å². The number of pyridine rings is 1. The summed E-state index contributed by atoms with van der Waals surface area (Å²) >= 11 is 11.2. The molecule has 1 amide bonds. The van der Waals surface area contributed by atoms with E-state index >= 15 is 0 Å². The number of thiophene rings is 1. The van der Waals surface area contributed by atoms with Crippen LogP contribution < -0.4 is 10.1 Å². The molecule has 2 heterocycles. The highest BCUT2D eigenvalue weighted by Crippen LogP contribution is 2.35. The molecule has 0 aliphatic heterocycles. The second-order valence-corrected chi connectivity index (χ2v) is 8.38. The van der Waals surface area contributed by atoms with Crippen LogP contribution in [0.2, 0.25) is 5.02 Å². The monoisotopic (exact) mass is 460 g/mol. The number of nitrogens with zero attached hydrogens (tertiary/aromatic N) is 1. The topological polar surface area (TPSA) is 51.2 Å². The lowest BCUT2D eigenvalue weighted by molar-refractivity contribution is 0.103.